The average Bonchev–Trinajstić information content (AvgIpc) is 2.47. The van der Waals surface area contributed by atoms with E-state index in [0.717, 1.165) is 16.7 Å². The Balaban J connectivity index is 2.95. The molecule has 1 aromatic rings. The van der Waals surface area contributed by atoms with Crippen LogP contribution in [0.25, 0.3) is 0 Å². The highest BCUT2D eigenvalue weighted by molar-refractivity contribution is 9.10. The second kappa shape index (κ2) is 4.58. The number of rotatable bonds is 4. The number of aromatic nitrogens is 2. The molecular formula is C9H13BrN2O. The van der Waals surface area contributed by atoms with Crippen molar-refractivity contribution >= 4 is 15.9 Å². The first-order valence-corrected chi connectivity index (χ1v) is 5.00. The van der Waals surface area contributed by atoms with Crippen LogP contribution in [0.2, 0.25) is 0 Å². The number of hydrogen-bond acceptors (Lipinski definition) is 2. The molecule has 3 nitrogen and oxygen atoms in total. The van der Waals surface area contributed by atoms with E-state index in [1.807, 2.05) is 6.92 Å². The molecule has 0 spiro atoms. The lowest BCUT2D eigenvalue weighted by atomic mass is 10.2. The first-order chi connectivity index (χ1) is 6.20. The lowest BCUT2D eigenvalue weighted by molar-refractivity contribution is 0.169. The van der Waals surface area contributed by atoms with E-state index >= 15 is 0 Å². The van der Waals surface area contributed by atoms with Gasteiger partial charge < -0.3 is 5.11 Å². The highest BCUT2D eigenvalue weighted by Gasteiger charge is 2.15. The van der Waals surface area contributed by atoms with Crippen molar-refractivity contribution in [3.63, 3.8) is 0 Å². The van der Waals surface area contributed by atoms with Crippen molar-refractivity contribution in [1.82, 2.24) is 9.78 Å². The summed E-state index contributed by atoms with van der Waals surface area (Å²) in [6.07, 6.45) is 3.42. The third-order valence-corrected chi connectivity index (χ3v) is 2.45. The second-order valence-corrected chi connectivity index (χ2v) is 3.59. The summed E-state index contributed by atoms with van der Waals surface area (Å²) >= 11 is 3.35. The Morgan fingerprint density at radius 2 is 2.54 bits per heavy atom. The van der Waals surface area contributed by atoms with E-state index in [4.69, 9.17) is 0 Å². The van der Waals surface area contributed by atoms with Gasteiger partial charge in [-0.2, -0.15) is 5.10 Å². The second-order valence-electron chi connectivity index (χ2n) is 2.73. The average molecular weight is 245 g/mol. The molecule has 1 aromatic heterocycles. The molecule has 0 aliphatic carbocycles. The van der Waals surface area contributed by atoms with Gasteiger partial charge in [0.05, 0.1) is 16.4 Å². The standard InChI is InChI=1S/C9H13BrN2O/c1-3-5-8(13)9-7(10)6-11-12(9)4-2/h3,6,8,13H,1,4-5H2,2H3. The fourth-order valence-corrected chi connectivity index (χ4v) is 1.79. The van der Waals surface area contributed by atoms with Crippen molar-refractivity contribution in [2.45, 2.75) is 26.0 Å². The normalized spacial score (nSPS) is 12.8. The van der Waals surface area contributed by atoms with Crippen molar-refractivity contribution in [2.24, 2.45) is 0 Å². The van der Waals surface area contributed by atoms with Crippen LogP contribution in [0, 0.1) is 0 Å². The summed E-state index contributed by atoms with van der Waals surface area (Å²) in [7, 11) is 0. The van der Waals surface area contributed by atoms with E-state index in [-0.39, 0.29) is 0 Å². The van der Waals surface area contributed by atoms with Gasteiger partial charge >= 0.3 is 0 Å². The molecule has 0 saturated heterocycles. The van der Waals surface area contributed by atoms with Crippen LogP contribution < -0.4 is 0 Å². The molecule has 1 heterocycles. The summed E-state index contributed by atoms with van der Waals surface area (Å²) < 4.78 is 2.63. The van der Waals surface area contributed by atoms with Crippen LogP contribution >= 0.6 is 15.9 Å². The minimum Gasteiger partial charge on any atom is -0.386 e. The number of hydrogen-bond donors (Lipinski definition) is 1. The fraction of sp³-hybridized carbons (Fsp3) is 0.444. The van der Waals surface area contributed by atoms with Gasteiger partial charge in [-0.05, 0) is 29.3 Å². The predicted molar refractivity (Wildman–Crippen MR) is 55.4 cm³/mol. The van der Waals surface area contributed by atoms with Gasteiger partial charge in [-0.25, -0.2) is 0 Å². The molecule has 1 unspecified atom stereocenters. The molecule has 0 radical (unpaired) electrons. The van der Waals surface area contributed by atoms with Crippen LogP contribution in [0.1, 0.15) is 25.1 Å². The van der Waals surface area contributed by atoms with Gasteiger partial charge in [0.2, 0.25) is 0 Å². The number of halogens is 1. The van der Waals surface area contributed by atoms with E-state index in [9.17, 15) is 5.11 Å². The molecule has 0 aromatic carbocycles. The van der Waals surface area contributed by atoms with Gasteiger partial charge in [0.1, 0.15) is 6.10 Å². The van der Waals surface area contributed by atoms with Crippen molar-refractivity contribution in [2.75, 3.05) is 0 Å². The van der Waals surface area contributed by atoms with Gasteiger partial charge in [0, 0.05) is 6.54 Å². The number of aliphatic hydroxyl groups excluding tert-OH is 1. The fourth-order valence-electron chi connectivity index (χ4n) is 1.22. The molecule has 4 heteroatoms. The molecule has 1 N–H and O–H groups in total. The van der Waals surface area contributed by atoms with Crippen LogP contribution in [-0.4, -0.2) is 14.9 Å². The maximum absolute atomic E-state index is 9.74. The summed E-state index contributed by atoms with van der Waals surface area (Å²) in [6, 6.07) is 0. The zero-order valence-electron chi connectivity index (χ0n) is 7.57. The molecular weight excluding hydrogens is 232 g/mol. The molecule has 0 aliphatic rings. The first kappa shape index (κ1) is 10.5. The van der Waals surface area contributed by atoms with Gasteiger partial charge in [-0.3, -0.25) is 4.68 Å². The summed E-state index contributed by atoms with van der Waals surface area (Å²) in [4.78, 5) is 0. The zero-order valence-corrected chi connectivity index (χ0v) is 9.16. The maximum atomic E-state index is 9.74. The Morgan fingerprint density at radius 1 is 1.85 bits per heavy atom. The maximum Gasteiger partial charge on any atom is 0.100 e. The van der Waals surface area contributed by atoms with Gasteiger partial charge in [-0.15, -0.1) is 6.58 Å². The van der Waals surface area contributed by atoms with E-state index < -0.39 is 6.10 Å². The summed E-state index contributed by atoms with van der Waals surface area (Å²) in [5.41, 5.74) is 0.822. The SMILES string of the molecule is C=CCC(O)c1c(Br)cnn1CC. The molecule has 1 rings (SSSR count). The number of aryl methyl sites for hydroxylation is 1. The zero-order chi connectivity index (χ0) is 9.84. The summed E-state index contributed by atoms with van der Waals surface area (Å²) in [6.45, 7) is 6.34. The Kier molecular flexibility index (Phi) is 3.69. The van der Waals surface area contributed by atoms with Crippen molar-refractivity contribution in [3.8, 4) is 0 Å². The molecule has 0 saturated carbocycles. The van der Waals surface area contributed by atoms with Crippen LogP contribution in [0.15, 0.2) is 23.3 Å². The van der Waals surface area contributed by atoms with Crippen LogP contribution in [0.5, 0.6) is 0 Å². The van der Waals surface area contributed by atoms with Crippen LogP contribution in [0.4, 0.5) is 0 Å². The molecule has 0 amide bonds. The molecule has 1 atom stereocenters. The molecule has 0 bridgehead atoms. The Bertz CT molecular complexity index is 296. The quantitative estimate of drug-likeness (QED) is 0.826. The van der Waals surface area contributed by atoms with Crippen LogP contribution in [0.3, 0.4) is 0 Å². The minimum absolute atomic E-state index is 0.519. The van der Waals surface area contributed by atoms with Crippen molar-refractivity contribution in [3.05, 3.63) is 29.0 Å². The Hall–Kier alpha value is -0.610. The topological polar surface area (TPSA) is 38.1 Å². The Labute approximate surface area is 86.2 Å². The minimum atomic E-state index is -0.519. The summed E-state index contributed by atoms with van der Waals surface area (Å²) in [5, 5.41) is 13.9. The number of aliphatic hydroxyl groups is 1. The van der Waals surface area contributed by atoms with Gasteiger partial charge in [0.25, 0.3) is 0 Å². The van der Waals surface area contributed by atoms with Crippen molar-refractivity contribution in [1.29, 1.82) is 0 Å². The lowest BCUT2D eigenvalue weighted by Crippen LogP contribution is -2.07. The molecule has 13 heavy (non-hydrogen) atoms. The highest BCUT2D eigenvalue weighted by Crippen LogP contribution is 2.25. The lowest BCUT2D eigenvalue weighted by Gasteiger charge is -2.10. The molecule has 0 fully saturated rings. The van der Waals surface area contributed by atoms with E-state index in [1.54, 1.807) is 17.0 Å². The van der Waals surface area contributed by atoms with E-state index in [1.165, 1.54) is 0 Å². The monoisotopic (exact) mass is 244 g/mol. The molecule has 0 aliphatic heterocycles. The third-order valence-electron chi connectivity index (χ3n) is 1.84. The summed E-state index contributed by atoms with van der Waals surface area (Å²) in [5.74, 6) is 0. The van der Waals surface area contributed by atoms with Gasteiger partial charge in [0.15, 0.2) is 0 Å². The number of nitrogens with zero attached hydrogens (tertiary/aromatic N) is 2. The first-order valence-electron chi connectivity index (χ1n) is 4.20. The highest BCUT2D eigenvalue weighted by atomic mass is 79.9. The van der Waals surface area contributed by atoms with E-state index in [2.05, 4.69) is 27.6 Å². The van der Waals surface area contributed by atoms with Crippen molar-refractivity contribution < 1.29 is 5.11 Å². The van der Waals surface area contributed by atoms with E-state index in [0.29, 0.717) is 6.42 Å². The van der Waals surface area contributed by atoms with Crippen LogP contribution in [-0.2, 0) is 6.54 Å². The molecule has 72 valence electrons. The smallest absolute Gasteiger partial charge is 0.100 e. The largest absolute Gasteiger partial charge is 0.386 e. The van der Waals surface area contributed by atoms with Gasteiger partial charge in [-0.1, -0.05) is 6.08 Å². The Morgan fingerprint density at radius 3 is 3.08 bits per heavy atom. The third kappa shape index (κ3) is 2.19. The predicted octanol–water partition coefficient (Wildman–Crippen LogP) is 2.28.